The second kappa shape index (κ2) is 7.69. The zero-order valence-corrected chi connectivity index (χ0v) is 17.2. The lowest BCUT2D eigenvalue weighted by Crippen LogP contribution is -2.27. The Morgan fingerprint density at radius 1 is 1.11 bits per heavy atom. The molecule has 0 saturated heterocycles. The summed E-state index contributed by atoms with van der Waals surface area (Å²) in [6.07, 6.45) is 0.927. The summed E-state index contributed by atoms with van der Waals surface area (Å²) in [7, 11) is 0. The average molecular weight is 414 g/mol. The Balaban J connectivity index is 1.53. The van der Waals surface area contributed by atoms with Gasteiger partial charge in [-0.2, -0.15) is 9.36 Å². The highest BCUT2D eigenvalue weighted by molar-refractivity contribution is 7.12. The number of nitrogens with zero attached hydrogens (tertiary/aromatic N) is 5. The van der Waals surface area contributed by atoms with Crippen LogP contribution in [0.1, 0.15) is 26.6 Å². The molecule has 0 atom stereocenters. The van der Waals surface area contributed by atoms with Crippen molar-refractivity contribution in [2.45, 2.75) is 33.4 Å². The Labute approximate surface area is 169 Å². The maximum Gasteiger partial charge on any atom is 0.369 e. The number of tetrazole rings is 1. The number of Topliss-reactive ketones (excluding diaryl/α,β-unsaturated/α-hetero) is 1. The quantitative estimate of drug-likeness (QED) is 0.436. The van der Waals surface area contributed by atoms with Crippen molar-refractivity contribution >= 4 is 28.5 Å². The lowest BCUT2D eigenvalue weighted by molar-refractivity contribution is 0.0965. The van der Waals surface area contributed by atoms with Crippen LogP contribution in [-0.4, -0.2) is 30.1 Å². The molecule has 4 aromatic heterocycles. The van der Waals surface area contributed by atoms with Gasteiger partial charge in [-0.05, 0) is 65.7 Å². The molecule has 4 heterocycles. The van der Waals surface area contributed by atoms with Crippen LogP contribution in [0.3, 0.4) is 0 Å². The van der Waals surface area contributed by atoms with E-state index in [4.69, 9.17) is 0 Å². The van der Waals surface area contributed by atoms with Crippen LogP contribution in [0.15, 0.2) is 45.9 Å². The van der Waals surface area contributed by atoms with Crippen molar-refractivity contribution in [3.8, 4) is 5.00 Å². The fraction of sp³-hybridized carbons (Fsp3) is 0.263. The maximum atomic E-state index is 12.8. The standard InChI is InChI=1S/C19H19N5O2S2/c1-13-11-16(14(2)22(13)8-7-15-5-3-9-27-15)17(25)12-23-19(26)24(21-20-23)18-6-4-10-28-18/h3-6,9-11H,7-8,12H2,1-2H3. The second-order valence-corrected chi connectivity index (χ2v) is 8.43. The lowest BCUT2D eigenvalue weighted by atomic mass is 10.1. The fourth-order valence-electron chi connectivity index (χ4n) is 3.23. The first-order valence-electron chi connectivity index (χ1n) is 8.83. The van der Waals surface area contributed by atoms with Gasteiger partial charge in [-0.3, -0.25) is 4.79 Å². The van der Waals surface area contributed by atoms with Crippen molar-refractivity contribution in [2.24, 2.45) is 0 Å². The molecule has 9 heteroatoms. The van der Waals surface area contributed by atoms with Crippen LogP contribution < -0.4 is 5.69 Å². The molecule has 0 aliphatic carbocycles. The molecule has 0 N–H and O–H groups in total. The minimum Gasteiger partial charge on any atom is -0.348 e. The smallest absolute Gasteiger partial charge is 0.348 e. The molecule has 0 aromatic carbocycles. The zero-order chi connectivity index (χ0) is 19.7. The summed E-state index contributed by atoms with van der Waals surface area (Å²) in [5.74, 6) is -0.143. The molecule has 28 heavy (non-hydrogen) atoms. The molecule has 0 fully saturated rings. The molecule has 0 radical (unpaired) electrons. The number of aryl methyl sites for hydroxylation is 2. The van der Waals surface area contributed by atoms with Gasteiger partial charge in [-0.15, -0.1) is 22.7 Å². The first-order valence-corrected chi connectivity index (χ1v) is 10.6. The number of ketones is 1. The van der Waals surface area contributed by atoms with Crippen LogP contribution in [0, 0.1) is 13.8 Å². The van der Waals surface area contributed by atoms with E-state index in [0.717, 1.165) is 29.0 Å². The Hall–Kier alpha value is -2.78. The predicted octanol–water partition coefficient (Wildman–Crippen LogP) is 3.10. The number of aromatic nitrogens is 5. The largest absolute Gasteiger partial charge is 0.369 e. The van der Waals surface area contributed by atoms with E-state index in [1.54, 1.807) is 17.4 Å². The summed E-state index contributed by atoms with van der Waals surface area (Å²) in [5, 5.41) is 12.3. The predicted molar refractivity (Wildman–Crippen MR) is 110 cm³/mol. The van der Waals surface area contributed by atoms with Crippen LogP contribution >= 0.6 is 22.7 Å². The van der Waals surface area contributed by atoms with Gasteiger partial charge < -0.3 is 4.57 Å². The van der Waals surface area contributed by atoms with Crippen molar-refractivity contribution in [2.75, 3.05) is 0 Å². The maximum absolute atomic E-state index is 12.8. The van der Waals surface area contributed by atoms with Crippen molar-refractivity contribution < 1.29 is 4.79 Å². The van der Waals surface area contributed by atoms with Gasteiger partial charge in [0, 0.05) is 28.4 Å². The zero-order valence-electron chi connectivity index (χ0n) is 15.5. The summed E-state index contributed by atoms with van der Waals surface area (Å²) in [5.41, 5.74) is 2.16. The van der Waals surface area contributed by atoms with Crippen LogP contribution in [0.2, 0.25) is 0 Å². The van der Waals surface area contributed by atoms with E-state index >= 15 is 0 Å². The number of rotatable bonds is 7. The molecule has 7 nitrogen and oxygen atoms in total. The summed E-state index contributed by atoms with van der Waals surface area (Å²) in [6.45, 7) is 4.64. The molecule has 0 aliphatic heterocycles. The summed E-state index contributed by atoms with van der Waals surface area (Å²) >= 11 is 3.13. The molecule has 0 spiro atoms. The van der Waals surface area contributed by atoms with Crippen molar-refractivity contribution in [3.63, 3.8) is 0 Å². The average Bonchev–Trinajstić information content (AvgIpc) is 3.45. The van der Waals surface area contributed by atoms with Crippen LogP contribution in [-0.2, 0) is 19.5 Å². The number of thiophene rings is 2. The number of hydrogen-bond donors (Lipinski definition) is 0. The highest BCUT2D eigenvalue weighted by Gasteiger charge is 2.19. The summed E-state index contributed by atoms with van der Waals surface area (Å²) < 4.78 is 4.47. The van der Waals surface area contributed by atoms with Gasteiger partial charge in [0.05, 0.1) is 0 Å². The Morgan fingerprint density at radius 2 is 1.89 bits per heavy atom. The lowest BCUT2D eigenvalue weighted by Gasteiger charge is -2.09. The minimum atomic E-state index is -0.415. The molecule has 0 saturated carbocycles. The van der Waals surface area contributed by atoms with E-state index in [-0.39, 0.29) is 12.3 Å². The third-order valence-corrected chi connectivity index (χ3v) is 6.46. The molecule has 0 amide bonds. The minimum absolute atomic E-state index is 0.126. The highest BCUT2D eigenvalue weighted by Crippen LogP contribution is 2.18. The Morgan fingerprint density at radius 3 is 2.61 bits per heavy atom. The third kappa shape index (κ3) is 3.50. The van der Waals surface area contributed by atoms with Gasteiger partial charge in [-0.1, -0.05) is 6.07 Å². The monoisotopic (exact) mass is 413 g/mol. The Bertz CT molecular complexity index is 1150. The van der Waals surface area contributed by atoms with E-state index in [1.807, 2.05) is 37.4 Å². The molecule has 0 aliphatic rings. The normalized spacial score (nSPS) is 11.2. The van der Waals surface area contributed by atoms with Gasteiger partial charge in [-0.25, -0.2) is 4.79 Å². The van der Waals surface area contributed by atoms with E-state index in [0.29, 0.717) is 10.6 Å². The van der Waals surface area contributed by atoms with Crippen molar-refractivity contribution in [1.29, 1.82) is 0 Å². The third-order valence-electron chi connectivity index (χ3n) is 4.68. The topological polar surface area (TPSA) is 74.7 Å². The SMILES string of the molecule is Cc1cc(C(=O)Cn2nnn(-c3cccs3)c2=O)c(C)n1CCc1cccs1. The summed E-state index contributed by atoms with van der Waals surface area (Å²) in [4.78, 5) is 26.6. The van der Waals surface area contributed by atoms with E-state index in [9.17, 15) is 9.59 Å². The van der Waals surface area contributed by atoms with Gasteiger partial charge >= 0.3 is 5.69 Å². The molecule has 4 rings (SSSR count). The van der Waals surface area contributed by atoms with Gasteiger partial charge in [0.25, 0.3) is 0 Å². The fourth-order valence-corrected chi connectivity index (χ4v) is 4.59. The second-order valence-electron chi connectivity index (χ2n) is 6.47. The number of carbonyl (C=O) groups is 1. The van der Waals surface area contributed by atoms with Crippen LogP contribution in [0.4, 0.5) is 0 Å². The van der Waals surface area contributed by atoms with Gasteiger partial charge in [0.1, 0.15) is 11.5 Å². The van der Waals surface area contributed by atoms with Crippen LogP contribution in [0.5, 0.6) is 0 Å². The van der Waals surface area contributed by atoms with Crippen molar-refractivity contribution in [3.05, 3.63) is 73.4 Å². The molecular formula is C19H19N5O2S2. The molecule has 0 bridgehead atoms. The van der Waals surface area contributed by atoms with Gasteiger partial charge in [0.15, 0.2) is 5.78 Å². The molecule has 0 unspecified atom stereocenters. The van der Waals surface area contributed by atoms with Crippen molar-refractivity contribution in [1.82, 2.24) is 24.4 Å². The first-order chi connectivity index (χ1) is 13.5. The van der Waals surface area contributed by atoms with E-state index in [1.165, 1.54) is 20.9 Å². The Kier molecular flexibility index (Phi) is 5.10. The number of carbonyl (C=O) groups excluding carboxylic acids is 1. The molecular weight excluding hydrogens is 394 g/mol. The highest BCUT2D eigenvalue weighted by atomic mass is 32.1. The van der Waals surface area contributed by atoms with E-state index in [2.05, 4.69) is 26.4 Å². The van der Waals surface area contributed by atoms with E-state index < -0.39 is 5.69 Å². The molecule has 144 valence electrons. The number of hydrogen-bond acceptors (Lipinski definition) is 6. The summed E-state index contributed by atoms with van der Waals surface area (Å²) in [6, 6.07) is 9.68. The van der Waals surface area contributed by atoms with Crippen LogP contribution in [0.25, 0.3) is 5.00 Å². The molecule has 4 aromatic rings. The van der Waals surface area contributed by atoms with Gasteiger partial charge in [0.2, 0.25) is 0 Å². The first kappa shape index (κ1) is 18.6.